The predicted molar refractivity (Wildman–Crippen MR) is 69.5 cm³/mol. The summed E-state index contributed by atoms with van der Waals surface area (Å²) in [6, 6.07) is 2.57. The first-order valence-corrected chi connectivity index (χ1v) is 7.53. The van der Waals surface area contributed by atoms with Crippen LogP contribution in [0.2, 0.25) is 0 Å². The van der Waals surface area contributed by atoms with Crippen LogP contribution in [0, 0.1) is 5.41 Å². The standard InChI is InChI=1S/C12H21NO4S/c1-12(2,3)6-8-18(15,16)13-10(9-14)11-5-4-7-17-11/h4-5,7,10,13-14H,6,8-9H2,1-3H3. The average molecular weight is 275 g/mol. The molecule has 0 aliphatic rings. The number of rotatable bonds is 6. The molecule has 0 aliphatic carbocycles. The lowest BCUT2D eigenvalue weighted by Crippen LogP contribution is -2.33. The number of sulfonamides is 1. The summed E-state index contributed by atoms with van der Waals surface area (Å²) < 4.78 is 31.3. The molecular weight excluding hydrogens is 254 g/mol. The van der Waals surface area contributed by atoms with Crippen LogP contribution < -0.4 is 4.72 Å². The molecular formula is C12H21NO4S. The van der Waals surface area contributed by atoms with Gasteiger partial charge in [-0.25, -0.2) is 13.1 Å². The van der Waals surface area contributed by atoms with Gasteiger partial charge in [-0.15, -0.1) is 0 Å². The fourth-order valence-corrected chi connectivity index (χ4v) is 3.01. The van der Waals surface area contributed by atoms with E-state index in [1.54, 1.807) is 12.1 Å². The van der Waals surface area contributed by atoms with Crippen molar-refractivity contribution < 1.29 is 17.9 Å². The molecule has 1 aromatic heterocycles. The van der Waals surface area contributed by atoms with Crippen LogP contribution in [0.3, 0.4) is 0 Å². The van der Waals surface area contributed by atoms with E-state index in [-0.39, 0.29) is 17.8 Å². The quantitative estimate of drug-likeness (QED) is 0.827. The largest absolute Gasteiger partial charge is 0.468 e. The highest BCUT2D eigenvalue weighted by molar-refractivity contribution is 7.89. The van der Waals surface area contributed by atoms with Crippen molar-refractivity contribution in [3.63, 3.8) is 0 Å². The molecule has 0 spiro atoms. The molecule has 5 nitrogen and oxygen atoms in total. The van der Waals surface area contributed by atoms with Crippen LogP contribution in [0.1, 0.15) is 39.0 Å². The maximum Gasteiger partial charge on any atom is 0.212 e. The summed E-state index contributed by atoms with van der Waals surface area (Å²) >= 11 is 0. The predicted octanol–water partition coefficient (Wildman–Crippen LogP) is 1.67. The van der Waals surface area contributed by atoms with Gasteiger partial charge >= 0.3 is 0 Å². The second-order valence-corrected chi connectivity index (χ2v) is 7.37. The summed E-state index contributed by atoms with van der Waals surface area (Å²) in [6.45, 7) is 5.62. The monoisotopic (exact) mass is 275 g/mol. The zero-order chi connectivity index (χ0) is 13.8. The summed E-state index contributed by atoms with van der Waals surface area (Å²) in [5, 5.41) is 9.20. The molecule has 0 radical (unpaired) electrons. The van der Waals surface area contributed by atoms with Gasteiger partial charge in [0, 0.05) is 0 Å². The van der Waals surface area contributed by atoms with Crippen LogP contribution in [0.25, 0.3) is 0 Å². The molecule has 1 heterocycles. The lowest BCUT2D eigenvalue weighted by Gasteiger charge is -2.19. The smallest absolute Gasteiger partial charge is 0.212 e. The van der Waals surface area contributed by atoms with E-state index in [1.165, 1.54) is 6.26 Å². The van der Waals surface area contributed by atoms with Crippen molar-refractivity contribution in [1.82, 2.24) is 4.72 Å². The summed E-state index contributed by atoms with van der Waals surface area (Å²) in [6.07, 6.45) is 2.00. The Labute approximate surface area is 108 Å². The molecule has 0 fully saturated rings. The van der Waals surface area contributed by atoms with Crippen LogP contribution in [-0.4, -0.2) is 25.9 Å². The zero-order valence-corrected chi connectivity index (χ0v) is 11.8. The van der Waals surface area contributed by atoms with E-state index in [4.69, 9.17) is 4.42 Å². The van der Waals surface area contributed by atoms with Gasteiger partial charge in [0.1, 0.15) is 11.8 Å². The Morgan fingerprint density at radius 1 is 1.44 bits per heavy atom. The van der Waals surface area contributed by atoms with E-state index in [9.17, 15) is 13.5 Å². The first-order chi connectivity index (χ1) is 8.23. The number of aliphatic hydroxyl groups excluding tert-OH is 1. The molecule has 0 amide bonds. The molecule has 18 heavy (non-hydrogen) atoms. The number of furan rings is 1. The van der Waals surface area contributed by atoms with Crippen molar-refractivity contribution >= 4 is 10.0 Å². The molecule has 104 valence electrons. The molecule has 1 rings (SSSR count). The number of hydrogen-bond donors (Lipinski definition) is 2. The highest BCUT2D eigenvalue weighted by Gasteiger charge is 2.23. The number of hydrogen-bond acceptors (Lipinski definition) is 4. The number of aliphatic hydroxyl groups is 1. The van der Waals surface area contributed by atoms with Crippen LogP contribution in [0.4, 0.5) is 0 Å². The Kier molecular flexibility index (Phi) is 4.95. The second-order valence-electron chi connectivity index (χ2n) is 5.50. The van der Waals surface area contributed by atoms with E-state index in [2.05, 4.69) is 4.72 Å². The van der Waals surface area contributed by atoms with Gasteiger partial charge in [0.25, 0.3) is 0 Å². The molecule has 2 N–H and O–H groups in total. The van der Waals surface area contributed by atoms with E-state index in [1.807, 2.05) is 20.8 Å². The fraction of sp³-hybridized carbons (Fsp3) is 0.667. The zero-order valence-electron chi connectivity index (χ0n) is 11.0. The van der Waals surface area contributed by atoms with Crippen molar-refractivity contribution in [2.24, 2.45) is 5.41 Å². The first-order valence-electron chi connectivity index (χ1n) is 5.88. The highest BCUT2D eigenvalue weighted by Crippen LogP contribution is 2.20. The lowest BCUT2D eigenvalue weighted by atomic mass is 9.94. The Balaban J connectivity index is 2.64. The third kappa shape index (κ3) is 5.20. The Morgan fingerprint density at radius 3 is 2.56 bits per heavy atom. The lowest BCUT2D eigenvalue weighted by molar-refractivity contribution is 0.241. The van der Waals surface area contributed by atoms with Crippen LogP contribution in [0.5, 0.6) is 0 Å². The third-order valence-electron chi connectivity index (χ3n) is 2.51. The van der Waals surface area contributed by atoms with E-state index in [0.29, 0.717) is 12.2 Å². The van der Waals surface area contributed by atoms with Gasteiger partial charge in [-0.1, -0.05) is 20.8 Å². The minimum absolute atomic E-state index is 0.0354. The van der Waals surface area contributed by atoms with Crippen molar-refractivity contribution in [3.8, 4) is 0 Å². The molecule has 1 unspecified atom stereocenters. The van der Waals surface area contributed by atoms with Crippen molar-refractivity contribution in [3.05, 3.63) is 24.2 Å². The molecule has 0 bridgehead atoms. The summed E-state index contributed by atoms with van der Waals surface area (Å²) in [7, 11) is -3.42. The van der Waals surface area contributed by atoms with Crippen LogP contribution >= 0.6 is 0 Å². The molecule has 1 aromatic rings. The Bertz CT molecular complexity index is 445. The van der Waals surface area contributed by atoms with Crippen molar-refractivity contribution in [2.75, 3.05) is 12.4 Å². The minimum Gasteiger partial charge on any atom is -0.468 e. The van der Waals surface area contributed by atoms with E-state index >= 15 is 0 Å². The second kappa shape index (κ2) is 5.86. The fourth-order valence-electron chi connectivity index (χ4n) is 1.39. The van der Waals surface area contributed by atoms with E-state index in [0.717, 1.165) is 0 Å². The van der Waals surface area contributed by atoms with Gasteiger partial charge in [-0.2, -0.15) is 0 Å². The van der Waals surface area contributed by atoms with Crippen molar-refractivity contribution in [2.45, 2.75) is 33.2 Å². The van der Waals surface area contributed by atoms with Gasteiger partial charge in [0.2, 0.25) is 10.0 Å². The average Bonchev–Trinajstić information content (AvgIpc) is 2.76. The maximum atomic E-state index is 11.9. The van der Waals surface area contributed by atoms with Gasteiger partial charge in [-0.05, 0) is 24.0 Å². The van der Waals surface area contributed by atoms with Gasteiger partial charge in [-0.3, -0.25) is 0 Å². The van der Waals surface area contributed by atoms with Crippen molar-refractivity contribution in [1.29, 1.82) is 0 Å². The SMILES string of the molecule is CC(C)(C)CCS(=O)(=O)NC(CO)c1ccco1. The summed E-state index contributed by atoms with van der Waals surface area (Å²) in [5.74, 6) is 0.449. The topological polar surface area (TPSA) is 79.5 Å². The van der Waals surface area contributed by atoms with Crippen LogP contribution in [-0.2, 0) is 10.0 Å². The summed E-state index contributed by atoms with van der Waals surface area (Å²) in [4.78, 5) is 0. The molecule has 1 atom stereocenters. The van der Waals surface area contributed by atoms with Gasteiger partial charge < -0.3 is 9.52 Å². The van der Waals surface area contributed by atoms with E-state index < -0.39 is 16.1 Å². The Hall–Kier alpha value is -0.850. The maximum absolute atomic E-state index is 11.9. The Morgan fingerprint density at radius 2 is 2.11 bits per heavy atom. The highest BCUT2D eigenvalue weighted by atomic mass is 32.2. The summed E-state index contributed by atoms with van der Waals surface area (Å²) in [5.41, 5.74) is -0.0475. The molecule has 0 saturated carbocycles. The molecule has 0 aromatic carbocycles. The van der Waals surface area contributed by atoms with Gasteiger partial charge in [0.15, 0.2) is 0 Å². The molecule has 0 saturated heterocycles. The minimum atomic E-state index is -3.42. The van der Waals surface area contributed by atoms with Crippen LogP contribution in [0.15, 0.2) is 22.8 Å². The van der Waals surface area contributed by atoms with Gasteiger partial charge in [0.05, 0.1) is 18.6 Å². The number of nitrogens with one attached hydrogen (secondary N) is 1. The third-order valence-corrected chi connectivity index (χ3v) is 3.90. The normalized spacial score (nSPS) is 14.7. The first kappa shape index (κ1) is 15.2. The molecule has 0 aliphatic heterocycles. The molecule has 6 heteroatoms.